The van der Waals surface area contributed by atoms with Crippen molar-refractivity contribution in [2.45, 2.75) is 43.7 Å². The fraction of sp³-hybridized carbons (Fsp3) is 0.435. The molecule has 2 aliphatic heterocycles. The van der Waals surface area contributed by atoms with Crippen LogP contribution in [0.3, 0.4) is 0 Å². The fourth-order valence-electron chi connectivity index (χ4n) is 4.01. The molecule has 1 fully saturated rings. The second kappa shape index (κ2) is 8.51. The van der Waals surface area contributed by atoms with Crippen LogP contribution in [0.25, 0.3) is 0 Å². The summed E-state index contributed by atoms with van der Waals surface area (Å²) in [5.74, 6) is 0.135. The summed E-state index contributed by atoms with van der Waals surface area (Å²) in [6.45, 7) is 5.60. The first kappa shape index (κ1) is 21.6. The number of nitrogens with one attached hydrogen (secondary N) is 1. The second-order valence-corrected chi connectivity index (χ2v) is 10.4. The number of carbonyl (C=O) groups is 1. The van der Waals surface area contributed by atoms with Crippen molar-refractivity contribution in [3.63, 3.8) is 0 Å². The maximum Gasteiger partial charge on any atom is 0.264 e. The third kappa shape index (κ3) is 4.55. The molecule has 0 aromatic heterocycles. The largest absolute Gasteiger partial charge is 0.476 e. The number of sulfonamides is 1. The van der Waals surface area contributed by atoms with Gasteiger partial charge in [-0.15, -0.1) is 0 Å². The Labute approximate surface area is 184 Å². The van der Waals surface area contributed by atoms with E-state index in [1.165, 1.54) is 4.31 Å². The molecule has 0 radical (unpaired) electrons. The number of anilines is 1. The molecule has 2 aromatic carbocycles. The van der Waals surface area contributed by atoms with E-state index in [2.05, 4.69) is 17.3 Å². The smallest absolute Gasteiger partial charge is 0.264 e. The standard InChI is InChI=1S/C23H29N3O4S/c1-16-4-7-19(8-5-16)31(28,29)26-15-22(30-21-14-17(2)6-9-20(21)26)23(27)24-18-10-12-25(3)13-11-18/h4-9,14,18,22H,10-13,15H2,1-3H3,(H,24,27). The molecular weight excluding hydrogens is 414 g/mol. The predicted molar refractivity (Wildman–Crippen MR) is 120 cm³/mol. The summed E-state index contributed by atoms with van der Waals surface area (Å²) in [6, 6.07) is 12.2. The highest BCUT2D eigenvalue weighted by atomic mass is 32.2. The number of nitrogens with zero attached hydrogens (tertiary/aromatic N) is 2. The number of hydrogen-bond acceptors (Lipinski definition) is 5. The fourth-order valence-corrected chi connectivity index (χ4v) is 5.49. The Bertz CT molecular complexity index is 1060. The maximum atomic E-state index is 13.5. The summed E-state index contributed by atoms with van der Waals surface area (Å²) in [4.78, 5) is 15.5. The molecule has 0 spiro atoms. The van der Waals surface area contributed by atoms with Crippen molar-refractivity contribution in [2.75, 3.05) is 31.0 Å². The van der Waals surface area contributed by atoms with Crippen LogP contribution in [0.2, 0.25) is 0 Å². The zero-order chi connectivity index (χ0) is 22.2. The van der Waals surface area contributed by atoms with E-state index < -0.39 is 16.1 Å². The van der Waals surface area contributed by atoms with Crippen LogP contribution in [0.1, 0.15) is 24.0 Å². The van der Waals surface area contributed by atoms with Crippen molar-refractivity contribution in [1.82, 2.24) is 10.2 Å². The lowest BCUT2D eigenvalue weighted by atomic mass is 10.1. The topological polar surface area (TPSA) is 79.0 Å². The summed E-state index contributed by atoms with van der Waals surface area (Å²) >= 11 is 0. The summed E-state index contributed by atoms with van der Waals surface area (Å²) in [5.41, 5.74) is 2.37. The molecule has 0 saturated carbocycles. The van der Waals surface area contributed by atoms with Crippen LogP contribution in [-0.4, -0.2) is 58.1 Å². The molecule has 166 valence electrons. The third-order valence-electron chi connectivity index (χ3n) is 5.95. The Morgan fingerprint density at radius 3 is 2.35 bits per heavy atom. The minimum atomic E-state index is -3.85. The molecule has 0 bridgehead atoms. The van der Waals surface area contributed by atoms with E-state index in [0.717, 1.165) is 37.1 Å². The van der Waals surface area contributed by atoms with Gasteiger partial charge >= 0.3 is 0 Å². The monoisotopic (exact) mass is 443 g/mol. The van der Waals surface area contributed by atoms with Crippen LogP contribution in [0.15, 0.2) is 47.4 Å². The van der Waals surface area contributed by atoms with E-state index in [4.69, 9.17) is 4.74 Å². The summed E-state index contributed by atoms with van der Waals surface area (Å²) in [5, 5.41) is 3.06. The van der Waals surface area contributed by atoms with E-state index >= 15 is 0 Å². The Kier molecular flexibility index (Phi) is 5.94. The van der Waals surface area contributed by atoms with Crippen LogP contribution in [0, 0.1) is 13.8 Å². The van der Waals surface area contributed by atoms with Gasteiger partial charge in [-0.3, -0.25) is 9.10 Å². The average Bonchev–Trinajstić information content (AvgIpc) is 2.74. The van der Waals surface area contributed by atoms with Crippen molar-refractivity contribution in [1.29, 1.82) is 0 Å². The average molecular weight is 444 g/mol. The number of aryl methyl sites for hydroxylation is 2. The molecule has 31 heavy (non-hydrogen) atoms. The van der Waals surface area contributed by atoms with Gasteiger partial charge in [0.15, 0.2) is 6.10 Å². The van der Waals surface area contributed by atoms with Gasteiger partial charge in [0.1, 0.15) is 5.75 Å². The molecule has 1 N–H and O–H groups in total. The quantitative estimate of drug-likeness (QED) is 0.785. The van der Waals surface area contributed by atoms with Gasteiger partial charge < -0.3 is 15.0 Å². The number of benzene rings is 2. The highest BCUT2D eigenvalue weighted by Crippen LogP contribution is 2.37. The molecule has 1 saturated heterocycles. The number of ether oxygens (including phenoxy) is 1. The molecular formula is C23H29N3O4S. The number of amides is 1. The van der Waals surface area contributed by atoms with E-state index in [1.807, 2.05) is 19.9 Å². The number of fused-ring (bicyclic) bond motifs is 1. The lowest BCUT2D eigenvalue weighted by Gasteiger charge is -2.36. The molecule has 1 unspecified atom stereocenters. The SMILES string of the molecule is Cc1ccc(S(=O)(=O)N2CC(C(=O)NC3CCN(C)CC3)Oc3cc(C)ccc32)cc1. The van der Waals surface area contributed by atoms with Crippen molar-refractivity contribution in [3.05, 3.63) is 53.6 Å². The van der Waals surface area contributed by atoms with Crippen LogP contribution < -0.4 is 14.4 Å². The van der Waals surface area contributed by atoms with Crippen molar-refractivity contribution in [2.24, 2.45) is 0 Å². The Balaban J connectivity index is 1.62. The van der Waals surface area contributed by atoms with Gasteiger partial charge in [0.25, 0.3) is 15.9 Å². The highest BCUT2D eigenvalue weighted by Gasteiger charge is 2.38. The maximum absolute atomic E-state index is 13.5. The summed E-state index contributed by atoms with van der Waals surface area (Å²) in [6.07, 6.45) is 0.834. The number of hydrogen-bond donors (Lipinski definition) is 1. The van der Waals surface area contributed by atoms with Gasteiger partial charge in [0.2, 0.25) is 0 Å². The van der Waals surface area contributed by atoms with Gasteiger partial charge in [0, 0.05) is 6.04 Å². The van der Waals surface area contributed by atoms with Gasteiger partial charge in [-0.25, -0.2) is 8.42 Å². The van der Waals surface area contributed by atoms with Gasteiger partial charge in [-0.05, 0) is 76.7 Å². The highest BCUT2D eigenvalue weighted by molar-refractivity contribution is 7.92. The van der Waals surface area contributed by atoms with Crippen LogP contribution in [-0.2, 0) is 14.8 Å². The first-order valence-corrected chi connectivity index (χ1v) is 12.0. The predicted octanol–water partition coefficient (Wildman–Crippen LogP) is 2.47. The Hall–Kier alpha value is -2.58. The zero-order valence-corrected chi connectivity index (χ0v) is 19.0. The molecule has 0 aliphatic carbocycles. The van der Waals surface area contributed by atoms with Crippen LogP contribution >= 0.6 is 0 Å². The normalized spacial score (nSPS) is 20.1. The number of rotatable bonds is 4. The second-order valence-electron chi connectivity index (χ2n) is 8.51. The van der Waals surface area contributed by atoms with Crippen LogP contribution in [0.5, 0.6) is 5.75 Å². The van der Waals surface area contributed by atoms with Gasteiger partial charge in [-0.2, -0.15) is 0 Å². The lowest BCUT2D eigenvalue weighted by Crippen LogP contribution is -2.53. The molecule has 7 nitrogen and oxygen atoms in total. The van der Waals surface area contributed by atoms with Crippen LogP contribution in [0.4, 0.5) is 5.69 Å². The number of piperidine rings is 1. The van der Waals surface area contributed by atoms with Crippen molar-refractivity contribution in [3.8, 4) is 5.75 Å². The number of likely N-dealkylation sites (tertiary alicyclic amines) is 1. The molecule has 2 aliphatic rings. The molecule has 2 heterocycles. The third-order valence-corrected chi connectivity index (χ3v) is 7.75. The minimum absolute atomic E-state index is 0.0648. The molecule has 2 aromatic rings. The van der Waals surface area contributed by atoms with E-state index in [0.29, 0.717) is 11.4 Å². The van der Waals surface area contributed by atoms with Crippen molar-refractivity contribution < 1.29 is 17.9 Å². The van der Waals surface area contributed by atoms with E-state index in [-0.39, 0.29) is 23.4 Å². The van der Waals surface area contributed by atoms with E-state index in [1.54, 1.807) is 36.4 Å². The van der Waals surface area contributed by atoms with E-state index in [9.17, 15) is 13.2 Å². The molecule has 8 heteroatoms. The van der Waals surface area contributed by atoms with Crippen molar-refractivity contribution >= 4 is 21.6 Å². The lowest BCUT2D eigenvalue weighted by molar-refractivity contribution is -0.128. The Morgan fingerprint density at radius 1 is 1.03 bits per heavy atom. The minimum Gasteiger partial charge on any atom is -0.476 e. The zero-order valence-electron chi connectivity index (χ0n) is 18.2. The summed E-state index contributed by atoms with van der Waals surface area (Å²) in [7, 11) is -1.78. The molecule has 1 atom stereocenters. The Morgan fingerprint density at radius 2 is 1.68 bits per heavy atom. The summed E-state index contributed by atoms with van der Waals surface area (Å²) < 4.78 is 34.2. The molecule has 1 amide bonds. The van der Waals surface area contributed by atoms with Gasteiger partial charge in [0.05, 0.1) is 17.1 Å². The number of carbonyl (C=O) groups excluding carboxylic acids is 1. The first-order chi connectivity index (χ1) is 14.7. The first-order valence-electron chi connectivity index (χ1n) is 10.6. The van der Waals surface area contributed by atoms with Gasteiger partial charge in [-0.1, -0.05) is 23.8 Å². The molecule has 4 rings (SSSR count).